The van der Waals surface area contributed by atoms with Gasteiger partial charge in [-0.1, -0.05) is 11.3 Å². The summed E-state index contributed by atoms with van der Waals surface area (Å²) in [7, 11) is -6.89. The average molecular weight is 804 g/mol. The molecule has 0 radical (unpaired) electrons. The van der Waals surface area contributed by atoms with Gasteiger partial charge in [0, 0.05) is 57.0 Å². The minimum absolute atomic E-state index is 0.257. The Labute approximate surface area is 318 Å². The lowest BCUT2D eigenvalue weighted by atomic mass is 10.1. The summed E-state index contributed by atoms with van der Waals surface area (Å²) in [4.78, 5) is 15.6. The van der Waals surface area contributed by atoms with E-state index >= 15 is 0 Å². The maximum Gasteiger partial charge on any atom is 0.183 e. The molecule has 4 fully saturated rings. The summed E-state index contributed by atoms with van der Waals surface area (Å²) >= 11 is 2.95. The van der Waals surface area contributed by atoms with Gasteiger partial charge in [0.25, 0.3) is 0 Å². The number of nitrogens with zero attached hydrogens (tertiary/aromatic N) is 4. The number of aromatic nitrogens is 2. The number of thiazole rings is 2. The fraction of sp³-hybridized carbons (Fsp3) is 0.500. The van der Waals surface area contributed by atoms with E-state index < -0.39 is 30.2 Å². The molecule has 0 saturated carbocycles. The molecule has 0 amide bonds. The molecule has 4 aliphatic heterocycles. The Bertz CT molecular complexity index is 2110. The minimum Gasteiger partial charge on any atom is -0.380 e. The van der Waals surface area contributed by atoms with Crippen LogP contribution in [-0.4, -0.2) is 116 Å². The van der Waals surface area contributed by atoms with Gasteiger partial charge in [-0.05, 0) is 74.2 Å². The van der Waals surface area contributed by atoms with Crippen LogP contribution in [0.2, 0.25) is 0 Å². The third kappa shape index (κ3) is 8.57. The summed E-state index contributed by atoms with van der Waals surface area (Å²) in [5.74, 6) is 0. The maximum absolute atomic E-state index is 13.2. The highest BCUT2D eigenvalue weighted by atomic mass is 32.2. The second kappa shape index (κ2) is 16.3. The van der Waals surface area contributed by atoms with Crippen LogP contribution in [0.1, 0.15) is 23.5 Å². The van der Waals surface area contributed by atoms with Crippen LogP contribution in [0, 0.1) is 13.8 Å². The van der Waals surface area contributed by atoms with E-state index in [0.717, 1.165) is 69.1 Å². The number of morpholine rings is 2. The number of nitrogen functional groups attached to an aromatic ring is 1. The molecule has 0 unspecified atom stereocenters. The normalized spacial score (nSPS) is 21.1. The number of benzene rings is 2. The molecule has 8 rings (SSSR count). The van der Waals surface area contributed by atoms with Crippen molar-refractivity contribution in [3.05, 3.63) is 53.3 Å². The number of ether oxygens (including phenoxy) is 4. The molecule has 13 nitrogen and oxygen atoms in total. The summed E-state index contributed by atoms with van der Waals surface area (Å²) in [5, 5.41) is 0.495. The van der Waals surface area contributed by atoms with E-state index in [1.165, 1.54) is 11.3 Å². The van der Waals surface area contributed by atoms with E-state index in [1.54, 1.807) is 35.7 Å². The van der Waals surface area contributed by atoms with Crippen LogP contribution < -0.4 is 15.5 Å². The van der Waals surface area contributed by atoms with Gasteiger partial charge in [-0.15, -0.1) is 11.3 Å². The zero-order valence-corrected chi connectivity index (χ0v) is 33.1. The van der Waals surface area contributed by atoms with Crippen molar-refractivity contribution >= 4 is 58.9 Å². The Morgan fingerprint density at radius 1 is 0.679 bits per heavy atom. The zero-order chi connectivity index (χ0) is 37.2. The van der Waals surface area contributed by atoms with Crippen molar-refractivity contribution in [1.82, 2.24) is 9.97 Å². The number of sulfone groups is 2. The van der Waals surface area contributed by atoms with Gasteiger partial charge >= 0.3 is 0 Å². The van der Waals surface area contributed by atoms with Crippen LogP contribution in [0.4, 0.5) is 16.5 Å². The van der Waals surface area contributed by atoms with E-state index in [1.807, 2.05) is 26.0 Å². The first-order chi connectivity index (χ1) is 25.5. The van der Waals surface area contributed by atoms with Crippen molar-refractivity contribution in [2.24, 2.45) is 0 Å². The summed E-state index contributed by atoms with van der Waals surface area (Å²) in [5.41, 5.74) is 10.3. The second-order valence-electron chi connectivity index (χ2n) is 13.4. The number of rotatable bonds is 8. The second-order valence-corrected chi connectivity index (χ2v) is 20.1. The molecule has 286 valence electrons. The number of hydrogen-bond donors (Lipinski definition) is 1. The smallest absolute Gasteiger partial charge is 0.183 e. The lowest BCUT2D eigenvalue weighted by Crippen LogP contribution is -2.36. The van der Waals surface area contributed by atoms with Crippen LogP contribution in [-0.2, 0) is 38.6 Å². The van der Waals surface area contributed by atoms with Gasteiger partial charge in [0.15, 0.2) is 24.8 Å². The number of nitrogens with two attached hydrogens (primary N) is 1. The van der Waals surface area contributed by atoms with Gasteiger partial charge in [-0.2, -0.15) is 0 Å². The van der Waals surface area contributed by atoms with Crippen LogP contribution in [0.3, 0.4) is 0 Å². The minimum atomic E-state index is -3.45. The molecule has 17 heteroatoms. The molecule has 0 bridgehead atoms. The molecular formula is C36H45N5O8S4. The predicted octanol–water partition coefficient (Wildman–Crippen LogP) is 4.62. The third-order valence-electron chi connectivity index (χ3n) is 9.82. The standard InChI is InChI=1S/C19H24N2O4S2.C17H21N3O4S2/c1-13-19(26-14(2)20-13)15-9-16(21-4-7-24-8-5-21)11-18(10-15)27(22,23)17-3-6-25-12-17;18-17-19-10-16(25-17)12-7-13(20-2-5-23-6-3-20)9-15(8-12)26(21,22)14-1-4-24-11-14/h9-11,17H,3-8,12H2,1-2H3;7-10,14H,1-6,11H2,(H2,18,19)/t17-;14-/m00/s1. The van der Waals surface area contributed by atoms with E-state index in [2.05, 4.69) is 25.8 Å². The molecule has 0 spiro atoms. The molecule has 4 aromatic rings. The van der Waals surface area contributed by atoms with Crippen LogP contribution in [0.25, 0.3) is 20.9 Å². The quantitative estimate of drug-likeness (QED) is 0.263. The largest absolute Gasteiger partial charge is 0.380 e. The SMILES string of the molecule is Cc1nc(C)c(-c2cc(N3CCOCC3)cc(S(=O)(=O)[C@H]3CCOC3)c2)s1.Nc1ncc(-c2cc(N3CCOCC3)cc(S(=O)(=O)[C@H]3CCOC3)c2)s1. The molecule has 4 aliphatic rings. The summed E-state index contributed by atoms with van der Waals surface area (Å²) in [6.07, 6.45) is 2.78. The van der Waals surface area contributed by atoms with Crippen LogP contribution in [0.5, 0.6) is 0 Å². The topological polar surface area (TPSA) is 163 Å². The molecule has 2 aromatic heterocycles. The highest BCUT2D eigenvalue weighted by molar-refractivity contribution is 7.92. The van der Waals surface area contributed by atoms with Gasteiger partial charge in [-0.25, -0.2) is 26.8 Å². The lowest BCUT2D eigenvalue weighted by molar-refractivity contribution is 0.122. The van der Waals surface area contributed by atoms with Gasteiger partial charge in [-0.3, -0.25) is 0 Å². The first-order valence-corrected chi connectivity index (χ1v) is 22.5. The van der Waals surface area contributed by atoms with Crippen molar-refractivity contribution in [2.75, 3.05) is 94.6 Å². The van der Waals surface area contributed by atoms with Crippen LogP contribution >= 0.6 is 22.7 Å². The van der Waals surface area contributed by atoms with Gasteiger partial charge < -0.3 is 34.5 Å². The highest BCUT2D eigenvalue weighted by Gasteiger charge is 2.34. The van der Waals surface area contributed by atoms with Crippen molar-refractivity contribution in [3.8, 4) is 20.9 Å². The Morgan fingerprint density at radius 2 is 1.19 bits per heavy atom. The fourth-order valence-corrected chi connectivity index (χ4v) is 11.8. The van der Waals surface area contributed by atoms with Crippen molar-refractivity contribution in [1.29, 1.82) is 0 Å². The summed E-state index contributed by atoms with van der Waals surface area (Å²) in [6.45, 7) is 11.0. The lowest BCUT2D eigenvalue weighted by Gasteiger charge is -2.29. The summed E-state index contributed by atoms with van der Waals surface area (Å²) < 4.78 is 74.1. The summed E-state index contributed by atoms with van der Waals surface area (Å²) in [6, 6.07) is 11.2. The Balaban J connectivity index is 0.000000164. The predicted molar refractivity (Wildman–Crippen MR) is 208 cm³/mol. The molecule has 4 saturated heterocycles. The van der Waals surface area contributed by atoms with E-state index in [-0.39, 0.29) is 13.2 Å². The fourth-order valence-electron chi connectivity index (χ4n) is 6.90. The first kappa shape index (κ1) is 38.1. The monoisotopic (exact) mass is 803 g/mol. The zero-order valence-electron chi connectivity index (χ0n) is 29.9. The van der Waals surface area contributed by atoms with Crippen molar-refractivity contribution < 1.29 is 35.8 Å². The van der Waals surface area contributed by atoms with Gasteiger partial charge in [0.05, 0.1) is 80.4 Å². The number of anilines is 3. The molecule has 2 atom stereocenters. The molecule has 2 aromatic carbocycles. The Hall–Kier alpha value is -3.16. The molecule has 53 heavy (non-hydrogen) atoms. The Kier molecular flexibility index (Phi) is 11.7. The third-order valence-corrected chi connectivity index (χ3v) is 16.1. The van der Waals surface area contributed by atoms with E-state index in [4.69, 9.17) is 24.7 Å². The molecule has 6 heterocycles. The van der Waals surface area contributed by atoms with Crippen molar-refractivity contribution in [3.63, 3.8) is 0 Å². The van der Waals surface area contributed by atoms with E-state index in [9.17, 15) is 16.8 Å². The van der Waals surface area contributed by atoms with Crippen molar-refractivity contribution in [2.45, 2.75) is 47.0 Å². The highest BCUT2D eigenvalue weighted by Crippen LogP contribution is 2.37. The number of hydrogen-bond acceptors (Lipinski definition) is 15. The van der Waals surface area contributed by atoms with Gasteiger partial charge in [0.1, 0.15) is 0 Å². The average Bonchev–Trinajstić information content (AvgIpc) is 4.02. The Morgan fingerprint density at radius 3 is 1.62 bits per heavy atom. The molecule has 2 N–H and O–H groups in total. The van der Waals surface area contributed by atoms with Crippen LogP contribution in [0.15, 0.2) is 52.4 Å². The number of aryl methyl sites for hydroxylation is 2. The first-order valence-electron chi connectivity index (χ1n) is 17.7. The maximum atomic E-state index is 13.2. The van der Waals surface area contributed by atoms with E-state index in [0.29, 0.717) is 67.4 Å². The molecule has 0 aliphatic carbocycles. The molecular weight excluding hydrogens is 759 g/mol. The van der Waals surface area contributed by atoms with Gasteiger partial charge in [0.2, 0.25) is 0 Å².